The molecule has 7 heteroatoms. The van der Waals surface area contributed by atoms with E-state index in [9.17, 15) is 19.8 Å². The van der Waals surface area contributed by atoms with Gasteiger partial charge in [-0.1, -0.05) is 54.6 Å². The Morgan fingerprint density at radius 2 is 1.23 bits per heavy atom. The number of aliphatic hydroxyl groups is 2. The van der Waals surface area contributed by atoms with Crippen LogP contribution in [0.2, 0.25) is 0 Å². The Morgan fingerprint density at radius 1 is 0.677 bits per heavy atom. The van der Waals surface area contributed by atoms with Crippen molar-refractivity contribution >= 4 is 17.6 Å². The predicted molar refractivity (Wildman–Crippen MR) is 116 cm³/mol. The van der Waals surface area contributed by atoms with Crippen LogP contribution in [0.4, 0.5) is 5.69 Å². The molecule has 0 fully saturated rings. The number of anilines is 1. The van der Waals surface area contributed by atoms with E-state index in [1.165, 1.54) is 0 Å². The molecule has 31 heavy (non-hydrogen) atoms. The van der Waals surface area contributed by atoms with E-state index in [2.05, 4.69) is 0 Å². The number of para-hydroxylation sites is 1. The van der Waals surface area contributed by atoms with E-state index in [-0.39, 0.29) is 24.3 Å². The Bertz CT molecular complexity index is 1020. The summed E-state index contributed by atoms with van der Waals surface area (Å²) in [4.78, 5) is 36.2. The average molecular weight is 421 g/mol. The molecule has 0 aromatic heterocycles. The fraction of sp³-hybridized carbons (Fsp3) is 0.167. The van der Waals surface area contributed by atoms with E-state index in [1.54, 1.807) is 54.6 Å². The maximum Gasteiger partial charge on any atom is 0.386 e. The Balaban J connectivity index is 1.87. The van der Waals surface area contributed by atoms with Gasteiger partial charge in [-0.3, -0.25) is 0 Å². The van der Waals surface area contributed by atoms with Crippen molar-refractivity contribution in [3.05, 3.63) is 90.0 Å². The van der Waals surface area contributed by atoms with Crippen molar-refractivity contribution in [2.45, 2.75) is 0 Å². The van der Waals surface area contributed by atoms with Gasteiger partial charge >= 0.3 is 11.9 Å². The highest BCUT2D eigenvalue weighted by Gasteiger charge is 2.20. The molecule has 0 heterocycles. The van der Waals surface area contributed by atoms with Gasteiger partial charge in [0.25, 0.3) is 0 Å². The fourth-order valence-electron chi connectivity index (χ4n) is 3.21. The Kier molecular flexibility index (Phi) is 7.75. The van der Waals surface area contributed by atoms with Crippen LogP contribution in [0.3, 0.4) is 0 Å². The molecule has 2 N–H and O–H groups in total. The third-order valence-corrected chi connectivity index (χ3v) is 4.62. The second-order valence-electron chi connectivity index (χ2n) is 6.60. The molecular formula is C24H23NO6. The van der Waals surface area contributed by atoms with Gasteiger partial charge in [-0.25, -0.2) is 19.4 Å². The first-order valence-corrected chi connectivity index (χ1v) is 9.79. The van der Waals surface area contributed by atoms with E-state index in [0.717, 1.165) is 5.69 Å². The van der Waals surface area contributed by atoms with Crippen LogP contribution in [0.15, 0.2) is 78.9 Å². The SMILES string of the molecule is O=C(OOC(=O)c1ccccc1-c1ccccc1N(CCO)CCO)c1ccccc1. The molecule has 0 atom stereocenters. The molecule has 3 aromatic carbocycles. The van der Waals surface area contributed by atoms with Crippen molar-refractivity contribution in [2.75, 3.05) is 31.2 Å². The van der Waals surface area contributed by atoms with Crippen molar-refractivity contribution in [2.24, 2.45) is 0 Å². The molecule has 7 nitrogen and oxygen atoms in total. The van der Waals surface area contributed by atoms with Crippen LogP contribution < -0.4 is 4.90 Å². The number of hydrogen-bond acceptors (Lipinski definition) is 7. The molecule has 0 amide bonds. The lowest BCUT2D eigenvalue weighted by molar-refractivity contribution is -0.187. The molecule has 0 saturated carbocycles. The minimum absolute atomic E-state index is 0.0898. The summed E-state index contributed by atoms with van der Waals surface area (Å²) in [5.41, 5.74) is 2.50. The van der Waals surface area contributed by atoms with E-state index in [0.29, 0.717) is 24.2 Å². The third kappa shape index (κ3) is 5.48. The number of carbonyl (C=O) groups is 2. The summed E-state index contributed by atoms with van der Waals surface area (Å²) < 4.78 is 0. The van der Waals surface area contributed by atoms with Crippen molar-refractivity contribution in [1.29, 1.82) is 0 Å². The van der Waals surface area contributed by atoms with Gasteiger partial charge in [-0.05, 0) is 29.8 Å². The van der Waals surface area contributed by atoms with Crippen LogP contribution >= 0.6 is 0 Å². The van der Waals surface area contributed by atoms with Crippen LogP contribution in [0.1, 0.15) is 20.7 Å². The second-order valence-corrected chi connectivity index (χ2v) is 6.60. The van der Waals surface area contributed by atoms with Crippen molar-refractivity contribution in [1.82, 2.24) is 0 Å². The highest BCUT2D eigenvalue weighted by Crippen LogP contribution is 2.33. The molecule has 0 aliphatic rings. The lowest BCUT2D eigenvalue weighted by Crippen LogP contribution is -2.30. The maximum absolute atomic E-state index is 12.7. The normalized spacial score (nSPS) is 10.4. The quantitative estimate of drug-likeness (QED) is 0.426. The first-order chi connectivity index (χ1) is 15.2. The zero-order valence-corrected chi connectivity index (χ0v) is 16.8. The summed E-state index contributed by atoms with van der Waals surface area (Å²) in [6.07, 6.45) is 0. The van der Waals surface area contributed by atoms with Crippen molar-refractivity contribution < 1.29 is 29.6 Å². The van der Waals surface area contributed by atoms with E-state index < -0.39 is 11.9 Å². The van der Waals surface area contributed by atoms with Crippen LogP contribution in [-0.4, -0.2) is 48.5 Å². The lowest BCUT2D eigenvalue weighted by atomic mass is 9.97. The minimum Gasteiger partial charge on any atom is -0.395 e. The molecule has 0 saturated heterocycles. The number of carbonyl (C=O) groups excluding carboxylic acids is 2. The standard InChI is InChI=1S/C24H23NO6/c26-16-14-25(15-17-27)22-13-7-6-11-20(22)19-10-4-5-12-21(19)24(29)31-30-23(28)18-8-2-1-3-9-18/h1-13,26-27H,14-17H2. The summed E-state index contributed by atoms with van der Waals surface area (Å²) in [5.74, 6) is -1.59. The summed E-state index contributed by atoms with van der Waals surface area (Å²) in [6.45, 7) is 0.457. The lowest BCUT2D eigenvalue weighted by Gasteiger charge is -2.26. The van der Waals surface area contributed by atoms with E-state index in [1.807, 2.05) is 29.2 Å². The zero-order valence-electron chi connectivity index (χ0n) is 16.8. The summed E-state index contributed by atoms with van der Waals surface area (Å²) in [7, 11) is 0. The van der Waals surface area contributed by atoms with Gasteiger partial charge in [-0.15, -0.1) is 0 Å². The number of hydrogen-bond donors (Lipinski definition) is 2. The molecule has 0 radical (unpaired) electrons. The molecule has 0 bridgehead atoms. The fourth-order valence-corrected chi connectivity index (χ4v) is 3.21. The van der Waals surface area contributed by atoms with Crippen LogP contribution in [0, 0.1) is 0 Å². The van der Waals surface area contributed by atoms with E-state index >= 15 is 0 Å². The molecule has 160 valence electrons. The molecule has 3 aromatic rings. The number of benzene rings is 3. The summed E-state index contributed by atoms with van der Waals surface area (Å²) >= 11 is 0. The van der Waals surface area contributed by atoms with Gasteiger partial charge in [0.2, 0.25) is 0 Å². The van der Waals surface area contributed by atoms with Crippen molar-refractivity contribution in [3.63, 3.8) is 0 Å². The molecule has 0 aliphatic heterocycles. The minimum atomic E-state index is -0.814. The third-order valence-electron chi connectivity index (χ3n) is 4.62. The second kappa shape index (κ2) is 10.9. The van der Waals surface area contributed by atoms with Gasteiger partial charge in [0.1, 0.15) is 0 Å². The summed E-state index contributed by atoms with van der Waals surface area (Å²) in [5, 5.41) is 18.8. The van der Waals surface area contributed by atoms with Crippen LogP contribution in [0.5, 0.6) is 0 Å². The van der Waals surface area contributed by atoms with Gasteiger partial charge in [-0.2, -0.15) is 0 Å². The Morgan fingerprint density at radius 3 is 1.90 bits per heavy atom. The Hall–Kier alpha value is -3.68. The van der Waals surface area contributed by atoms with Gasteiger partial charge < -0.3 is 15.1 Å². The largest absolute Gasteiger partial charge is 0.395 e. The summed E-state index contributed by atoms with van der Waals surface area (Å²) in [6, 6.07) is 22.3. The number of nitrogens with zero attached hydrogens (tertiary/aromatic N) is 1. The molecule has 0 aliphatic carbocycles. The van der Waals surface area contributed by atoms with Crippen LogP contribution in [-0.2, 0) is 9.78 Å². The Labute approximate surface area is 180 Å². The van der Waals surface area contributed by atoms with Gasteiger partial charge in [0, 0.05) is 24.3 Å². The molecule has 0 spiro atoms. The maximum atomic E-state index is 12.7. The zero-order chi connectivity index (χ0) is 22.1. The van der Waals surface area contributed by atoms with Crippen molar-refractivity contribution in [3.8, 4) is 11.1 Å². The van der Waals surface area contributed by atoms with E-state index in [4.69, 9.17) is 9.78 Å². The first-order valence-electron chi connectivity index (χ1n) is 9.79. The van der Waals surface area contributed by atoms with Gasteiger partial charge in [0.15, 0.2) is 0 Å². The highest BCUT2D eigenvalue weighted by atomic mass is 17.2. The smallest absolute Gasteiger partial charge is 0.386 e. The monoisotopic (exact) mass is 421 g/mol. The molecule has 0 unspecified atom stereocenters. The molecular weight excluding hydrogens is 398 g/mol. The first kappa shape index (κ1) is 22.0. The average Bonchev–Trinajstić information content (AvgIpc) is 2.82. The van der Waals surface area contributed by atoms with Gasteiger partial charge in [0.05, 0.1) is 24.3 Å². The number of rotatable bonds is 8. The van der Waals surface area contributed by atoms with Crippen LogP contribution in [0.25, 0.3) is 11.1 Å². The topological polar surface area (TPSA) is 96.3 Å². The number of aliphatic hydroxyl groups excluding tert-OH is 2. The highest BCUT2D eigenvalue weighted by molar-refractivity contribution is 5.99. The molecule has 3 rings (SSSR count). The predicted octanol–water partition coefficient (Wildman–Crippen LogP) is 3.07.